The van der Waals surface area contributed by atoms with Crippen LogP contribution in [0.15, 0.2) is 24.4 Å². The van der Waals surface area contributed by atoms with E-state index in [2.05, 4.69) is 20.9 Å². The highest BCUT2D eigenvalue weighted by atomic mass is 35.5. The highest BCUT2D eigenvalue weighted by Gasteiger charge is 2.19. The van der Waals surface area contributed by atoms with Crippen molar-refractivity contribution in [2.24, 2.45) is 0 Å². The number of amides is 2. The van der Waals surface area contributed by atoms with Crippen molar-refractivity contribution < 1.29 is 18.3 Å². The predicted molar refractivity (Wildman–Crippen MR) is 83.5 cm³/mol. The number of urea groups is 1. The molecule has 1 atom stereocenters. The molecule has 1 aliphatic heterocycles. The monoisotopic (exact) mass is 357 g/mol. The number of anilines is 2. The average molecular weight is 358 g/mol. The molecule has 3 rings (SSSR count). The molecule has 2 N–H and O–H groups in total. The molecular weight excluding hydrogens is 344 g/mol. The van der Waals surface area contributed by atoms with E-state index in [0.717, 1.165) is 12.5 Å². The molecule has 0 radical (unpaired) electrons. The van der Waals surface area contributed by atoms with Gasteiger partial charge in [0.15, 0.2) is 5.82 Å². The summed E-state index contributed by atoms with van der Waals surface area (Å²) >= 11 is 5.68. The first-order chi connectivity index (χ1) is 11.5. The van der Waals surface area contributed by atoms with Crippen molar-refractivity contribution in [1.82, 2.24) is 15.0 Å². The Morgan fingerprint density at radius 1 is 1.42 bits per heavy atom. The molecule has 1 aliphatic rings. The summed E-state index contributed by atoms with van der Waals surface area (Å²) in [5, 5.41) is 12.7. The minimum atomic E-state index is -2.73. The number of aromatic nitrogens is 3. The van der Waals surface area contributed by atoms with E-state index in [9.17, 15) is 13.6 Å². The molecule has 1 unspecified atom stereocenters. The van der Waals surface area contributed by atoms with Gasteiger partial charge in [0.25, 0.3) is 6.43 Å². The second kappa shape index (κ2) is 7.10. The standard InChI is InChI=1S/C14H14ClF2N5O2/c15-11-2-1-8(5-10(11)13(16)17)18-14(23)19-12-6-22(21-20-12)9-3-4-24-7-9/h1-2,5-6,9,13H,3-4,7H2,(H2,18,19,23). The van der Waals surface area contributed by atoms with Crippen molar-refractivity contribution in [3.63, 3.8) is 0 Å². The van der Waals surface area contributed by atoms with Crippen LogP contribution in [0.4, 0.5) is 25.1 Å². The van der Waals surface area contributed by atoms with Crippen LogP contribution in [0.3, 0.4) is 0 Å². The van der Waals surface area contributed by atoms with Gasteiger partial charge in [-0.25, -0.2) is 18.3 Å². The molecule has 1 aromatic heterocycles. The quantitative estimate of drug-likeness (QED) is 0.877. The minimum absolute atomic E-state index is 0.0577. The van der Waals surface area contributed by atoms with Crippen molar-refractivity contribution in [2.75, 3.05) is 23.8 Å². The molecule has 0 aliphatic carbocycles. The molecule has 7 nitrogen and oxygen atoms in total. The van der Waals surface area contributed by atoms with E-state index in [-0.39, 0.29) is 28.1 Å². The first-order valence-electron chi connectivity index (χ1n) is 7.18. The van der Waals surface area contributed by atoms with Crippen molar-refractivity contribution >= 4 is 29.1 Å². The largest absolute Gasteiger partial charge is 0.379 e. The van der Waals surface area contributed by atoms with Crippen molar-refractivity contribution in [3.05, 3.63) is 35.0 Å². The van der Waals surface area contributed by atoms with E-state index in [4.69, 9.17) is 16.3 Å². The Morgan fingerprint density at radius 2 is 2.25 bits per heavy atom. The van der Waals surface area contributed by atoms with Gasteiger partial charge >= 0.3 is 6.03 Å². The first-order valence-corrected chi connectivity index (χ1v) is 7.56. The van der Waals surface area contributed by atoms with Gasteiger partial charge in [-0.1, -0.05) is 16.8 Å². The first kappa shape index (κ1) is 16.6. The molecule has 1 fully saturated rings. The fourth-order valence-electron chi connectivity index (χ4n) is 2.31. The molecule has 0 spiro atoms. The second-order valence-corrected chi connectivity index (χ2v) is 5.62. The van der Waals surface area contributed by atoms with Gasteiger partial charge in [0.2, 0.25) is 0 Å². The fraction of sp³-hybridized carbons (Fsp3) is 0.357. The summed E-state index contributed by atoms with van der Waals surface area (Å²) < 4.78 is 32.5. The Morgan fingerprint density at radius 3 is 2.96 bits per heavy atom. The van der Waals surface area contributed by atoms with Crippen molar-refractivity contribution in [2.45, 2.75) is 18.9 Å². The van der Waals surface area contributed by atoms with Crippen LogP contribution in [-0.4, -0.2) is 34.2 Å². The van der Waals surface area contributed by atoms with Crippen LogP contribution >= 0.6 is 11.6 Å². The zero-order valence-electron chi connectivity index (χ0n) is 12.4. The van der Waals surface area contributed by atoms with E-state index in [1.165, 1.54) is 12.1 Å². The molecule has 128 valence electrons. The molecule has 0 bridgehead atoms. The third kappa shape index (κ3) is 3.80. The number of carbonyl (C=O) groups excluding carboxylic acids is 1. The Bertz CT molecular complexity index is 734. The SMILES string of the molecule is O=C(Nc1ccc(Cl)c(C(F)F)c1)Nc1cn(C2CCOC2)nn1. The fourth-order valence-corrected chi connectivity index (χ4v) is 2.51. The van der Waals surface area contributed by atoms with Crippen LogP contribution < -0.4 is 10.6 Å². The van der Waals surface area contributed by atoms with Gasteiger partial charge in [-0.15, -0.1) is 5.10 Å². The van der Waals surface area contributed by atoms with Gasteiger partial charge in [0.05, 0.1) is 18.8 Å². The van der Waals surface area contributed by atoms with Gasteiger partial charge in [-0.2, -0.15) is 0 Å². The van der Waals surface area contributed by atoms with Crippen LogP contribution in [-0.2, 0) is 4.74 Å². The van der Waals surface area contributed by atoms with Crippen LogP contribution in [0.5, 0.6) is 0 Å². The van der Waals surface area contributed by atoms with Gasteiger partial charge in [0, 0.05) is 22.9 Å². The average Bonchev–Trinajstić information content (AvgIpc) is 3.19. The third-order valence-electron chi connectivity index (χ3n) is 3.52. The minimum Gasteiger partial charge on any atom is -0.379 e. The van der Waals surface area contributed by atoms with E-state index in [1.54, 1.807) is 10.9 Å². The van der Waals surface area contributed by atoms with E-state index in [1.807, 2.05) is 0 Å². The number of benzene rings is 1. The maximum Gasteiger partial charge on any atom is 0.324 e. The number of alkyl halides is 2. The summed E-state index contributed by atoms with van der Waals surface area (Å²) in [5.41, 5.74) is -0.148. The van der Waals surface area contributed by atoms with Crippen molar-refractivity contribution in [1.29, 1.82) is 0 Å². The highest BCUT2D eigenvalue weighted by Crippen LogP contribution is 2.29. The van der Waals surface area contributed by atoms with Gasteiger partial charge in [-0.05, 0) is 24.6 Å². The van der Waals surface area contributed by atoms with E-state index < -0.39 is 12.5 Å². The second-order valence-electron chi connectivity index (χ2n) is 5.22. The number of ether oxygens (including phenoxy) is 1. The summed E-state index contributed by atoms with van der Waals surface area (Å²) in [6.07, 6.45) is -0.308. The number of nitrogens with one attached hydrogen (secondary N) is 2. The third-order valence-corrected chi connectivity index (χ3v) is 3.86. The summed E-state index contributed by atoms with van der Waals surface area (Å²) in [5.74, 6) is 0.252. The van der Waals surface area contributed by atoms with Crippen LogP contribution in [0.1, 0.15) is 24.5 Å². The highest BCUT2D eigenvalue weighted by molar-refractivity contribution is 6.31. The number of carbonyl (C=O) groups is 1. The number of hydrogen-bond acceptors (Lipinski definition) is 4. The Balaban J connectivity index is 1.62. The maximum absolute atomic E-state index is 12.8. The van der Waals surface area contributed by atoms with Crippen LogP contribution in [0, 0.1) is 0 Å². The van der Waals surface area contributed by atoms with Gasteiger partial charge in [-0.3, -0.25) is 5.32 Å². The summed E-state index contributed by atoms with van der Waals surface area (Å²) in [7, 11) is 0. The Hall–Kier alpha value is -2.26. The number of rotatable bonds is 4. The molecule has 10 heteroatoms. The molecule has 0 saturated carbocycles. The predicted octanol–water partition coefficient (Wildman–Crippen LogP) is 3.47. The molecule has 2 aromatic rings. The molecule has 24 heavy (non-hydrogen) atoms. The molecule has 2 amide bonds. The molecule has 1 saturated heterocycles. The lowest BCUT2D eigenvalue weighted by Gasteiger charge is -2.09. The van der Waals surface area contributed by atoms with Gasteiger partial charge < -0.3 is 10.1 Å². The Labute approximate surface area is 140 Å². The zero-order valence-corrected chi connectivity index (χ0v) is 13.1. The number of nitrogens with zero attached hydrogens (tertiary/aromatic N) is 3. The zero-order chi connectivity index (χ0) is 17.1. The smallest absolute Gasteiger partial charge is 0.324 e. The summed E-state index contributed by atoms with van der Waals surface area (Å²) in [6.45, 7) is 1.22. The maximum atomic E-state index is 12.8. The normalized spacial score (nSPS) is 17.2. The molecule has 2 heterocycles. The van der Waals surface area contributed by atoms with Gasteiger partial charge in [0.1, 0.15) is 0 Å². The topological polar surface area (TPSA) is 81.1 Å². The Kier molecular flexibility index (Phi) is 4.91. The van der Waals surface area contributed by atoms with E-state index >= 15 is 0 Å². The summed E-state index contributed by atoms with van der Waals surface area (Å²) in [6, 6.07) is 3.34. The molecule has 1 aromatic carbocycles. The number of hydrogen-bond donors (Lipinski definition) is 2. The molecular formula is C14H14ClF2N5O2. The lowest BCUT2D eigenvalue weighted by atomic mass is 10.2. The lowest BCUT2D eigenvalue weighted by Crippen LogP contribution is -2.19. The van der Waals surface area contributed by atoms with Crippen LogP contribution in [0.2, 0.25) is 5.02 Å². The van der Waals surface area contributed by atoms with Crippen molar-refractivity contribution in [3.8, 4) is 0 Å². The number of halogens is 3. The van der Waals surface area contributed by atoms with E-state index in [0.29, 0.717) is 13.2 Å². The lowest BCUT2D eigenvalue weighted by molar-refractivity contribution is 0.151. The summed E-state index contributed by atoms with van der Waals surface area (Å²) in [4.78, 5) is 11.9. The van der Waals surface area contributed by atoms with Crippen LogP contribution in [0.25, 0.3) is 0 Å².